The van der Waals surface area contributed by atoms with Gasteiger partial charge in [-0.15, -0.1) is 0 Å². The maximum absolute atomic E-state index is 11.8. The van der Waals surface area contributed by atoms with Gasteiger partial charge in [-0.3, -0.25) is 9.59 Å². The first-order valence-corrected chi connectivity index (χ1v) is 6.20. The molecule has 1 aliphatic rings. The van der Waals surface area contributed by atoms with Gasteiger partial charge in [-0.05, 0) is 18.9 Å². The Morgan fingerprint density at radius 1 is 1.28 bits per heavy atom. The molecule has 1 saturated carbocycles. The fraction of sp³-hybridized carbons (Fsp3) is 0.429. The average molecular weight is 246 g/mol. The van der Waals surface area contributed by atoms with Gasteiger partial charge >= 0.3 is 0 Å². The van der Waals surface area contributed by atoms with Crippen molar-refractivity contribution in [1.82, 2.24) is 10.6 Å². The predicted molar refractivity (Wildman–Crippen MR) is 69.0 cm³/mol. The van der Waals surface area contributed by atoms with Crippen molar-refractivity contribution >= 4 is 11.8 Å². The first-order chi connectivity index (χ1) is 8.58. The summed E-state index contributed by atoms with van der Waals surface area (Å²) in [6.45, 7) is 3.10. The van der Waals surface area contributed by atoms with E-state index in [2.05, 4.69) is 22.8 Å². The number of hydrogen-bond donors (Lipinski definition) is 2. The largest absolute Gasteiger partial charge is 0.351 e. The van der Waals surface area contributed by atoms with Gasteiger partial charge in [0, 0.05) is 18.9 Å². The van der Waals surface area contributed by atoms with Crippen LogP contribution in [0, 0.1) is 0 Å². The summed E-state index contributed by atoms with van der Waals surface area (Å²) in [5.74, 6) is 0.112. The topological polar surface area (TPSA) is 58.2 Å². The third kappa shape index (κ3) is 3.09. The third-order valence-corrected chi connectivity index (χ3v) is 3.16. The Balaban J connectivity index is 1.83. The Morgan fingerprint density at radius 2 is 1.94 bits per heavy atom. The van der Waals surface area contributed by atoms with Gasteiger partial charge in [0.15, 0.2) is 0 Å². The van der Waals surface area contributed by atoms with Crippen molar-refractivity contribution in [1.29, 1.82) is 0 Å². The highest BCUT2D eigenvalue weighted by Gasteiger charge is 2.39. The molecule has 1 aromatic carbocycles. The Hall–Kier alpha value is -1.84. The van der Waals surface area contributed by atoms with Crippen LogP contribution in [0.25, 0.3) is 0 Å². The van der Waals surface area contributed by atoms with E-state index < -0.39 is 6.04 Å². The summed E-state index contributed by atoms with van der Waals surface area (Å²) >= 11 is 0. The summed E-state index contributed by atoms with van der Waals surface area (Å²) in [5.41, 5.74) is 1.26. The highest BCUT2D eigenvalue weighted by molar-refractivity contribution is 5.86. The SMILES string of the molecule is CC(=O)NC(C)C(=O)NC1CC1c1ccccc1. The summed E-state index contributed by atoms with van der Waals surface area (Å²) in [6.07, 6.45) is 0.975. The first-order valence-electron chi connectivity index (χ1n) is 6.20. The van der Waals surface area contributed by atoms with E-state index in [1.54, 1.807) is 6.92 Å². The molecule has 1 aliphatic carbocycles. The Labute approximate surface area is 107 Å². The zero-order valence-corrected chi connectivity index (χ0v) is 10.6. The first kappa shape index (κ1) is 12.6. The molecule has 2 N–H and O–H groups in total. The van der Waals surface area contributed by atoms with E-state index in [0.29, 0.717) is 5.92 Å². The lowest BCUT2D eigenvalue weighted by Crippen LogP contribution is -2.45. The number of nitrogens with one attached hydrogen (secondary N) is 2. The Morgan fingerprint density at radius 3 is 2.56 bits per heavy atom. The molecule has 0 radical (unpaired) electrons. The predicted octanol–water partition coefficient (Wildman–Crippen LogP) is 1.18. The summed E-state index contributed by atoms with van der Waals surface area (Å²) in [6, 6.07) is 9.88. The van der Waals surface area contributed by atoms with E-state index in [-0.39, 0.29) is 17.9 Å². The molecular formula is C14H18N2O2. The highest BCUT2D eigenvalue weighted by Crippen LogP contribution is 2.40. The number of rotatable bonds is 4. The fourth-order valence-electron chi connectivity index (χ4n) is 2.10. The zero-order chi connectivity index (χ0) is 13.1. The van der Waals surface area contributed by atoms with Crippen LogP contribution in [0.1, 0.15) is 31.7 Å². The van der Waals surface area contributed by atoms with Gasteiger partial charge in [-0.25, -0.2) is 0 Å². The molecule has 0 aromatic heterocycles. The van der Waals surface area contributed by atoms with Gasteiger partial charge in [0.2, 0.25) is 11.8 Å². The second-order valence-electron chi connectivity index (χ2n) is 4.79. The van der Waals surface area contributed by atoms with Gasteiger partial charge in [-0.1, -0.05) is 30.3 Å². The molecular weight excluding hydrogens is 228 g/mol. The standard InChI is InChI=1S/C14H18N2O2/c1-9(15-10(2)17)14(18)16-13-8-12(13)11-6-4-3-5-7-11/h3-7,9,12-13H,8H2,1-2H3,(H,15,17)(H,16,18). The van der Waals surface area contributed by atoms with Gasteiger partial charge < -0.3 is 10.6 Å². The lowest BCUT2D eigenvalue weighted by Gasteiger charge is -2.12. The molecule has 18 heavy (non-hydrogen) atoms. The van der Waals surface area contributed by atoms with Gasteiger partial charge in [-0.2, -0.15) is 0 Å². The normalized spacial score (nSPS) is 23.0. The summed E-state index contributed by atoms with van der Waals surface area (Å²) in [7, 11) is 0. The molecule has 0 spiro atoms. The van der Waals surface area contributed by atoms with Crippen LogP contribution >= 0.6 is 0 Å². The molecule has 2 rings (SSSR count). The Kier molecular flexibility index (Phi) is 3.65. The number of benzene rings is 1. The number of carbonyl (C=O) groups is 2. The second-order valence-corrected chi connectivity index (χ2v) is 4.79. The van der Waals surface area contributed by atoms with Crippen molar-refractivity contribution in [3.63, 3.8) is 0 Å². The molecule has 1 fully saturated rings. The number of hydrogen-bond acceptors (Lipinski definition) is 2. The van der Waals surface area contributed by atoms with Crippen LogP contribution in [0.4, 0.5) is 0 Å². The average Bonchev–Trinajstić information content (AvgIpc) is 3.08. The van der Waals surface area contributed by atoms with Gasteiger partial charge in [0.1, 0.15) is 6.04 Å². The minimum absolute atomic E-state index is 0.117. The second kappa shape index (κ2) is 5.21. The van der Waals surface area contributed by atoms with E-state index in [1.165, 1.54) is 12.5 Å². The van der Waals surface area contributed by atoms with E-state index in [0.717, 1.165) is 6.42 Å². The van der Waals surface area contributed by atoms with Crippen LogP contribution in [-0.4, -0.2) is 23.9 Å². The summed E-state index contributed by atoms with van der Waals surface area (Å²) in [4.78, 5) is 22.6. The van der Waals surface area contributed by atoms with Crippen molar-refractivity contribution in [2.75, 3.05) is 0 Å². The molecule has 0 saturated heterocycles. The van der Waals surface area contributed by atoms with Crippen molar-refractivity contribution < 1.29 is 9.59 Å². The van der Waals surface area contributed by atoms with Crippen LogP contribution in [-0.2, 0) is 9.59 Å². The smallest absolute Gasteiger partial charge is 0.242 e. The monoisotopic (exact) mass is 246 g/mol. The minimum atomic E-state index is -0.473. The van der Waals surface area contributed by atoms with Crippen molar-refractivity contribution in [3.8, 4) is 0 Å². The van der Waals surface area contributed by atoms with Crippen LogP contribution < -0.4 is 10.6 Å². The molecule has 0 aliphatic heterocycles. The highest BCUT2D eigenvalue weighted by atomic mass is 16.2. The van der Waals surface area contributed by atoms with E-state index in [9.17, 15) is 9.59 Å². The molecule has 0 heterocycles. The Bertz CT molecular complexity index is 444. The molecule has 1 aromatic rings. The maximum Gasteiger partial charge on any atom is 0.242 e. The van der Waals surface area contributed by atoms with Crippen molar-refractivity contribution in [3.05, 3.63) is 35.9 Å². The molecule has 3 unspecified atom stereocenters. The van der Waals surface area contributed by atoms with Crippen LogP contribution in [0.2, 0.25) is 0 Å². The number of carbonyl (C=O) groups excluding carboxylic acids is 2. The van der Waals surface area contributed by atoms with Crippen LogP contribution in [0.15, 0.2) is 30.3 Å². The maximum atomic E-state index is 11.8. The lowest BCUT2D eigenvalue weighted by atomic mass is 10.1. The fourth-order valence-corrected chi connectivity index (χ4v) is 2.10. The van der Waals surface area contributed by atoms with Crippen LogP contribution in [0.5, 0.6) is 0 Å². The minimum Gasteiger partial charge on any atom is -0.351 e. The van der Waals surface area contributed by atoms with Gasteiger partial charge in [0.25, 0.3) is 0 Å². The summed E-state index contributed by atoms with van der Waals surface area (Å²) in [5, 5.41) is 5.53. The summed E-state index contributed by atoms with van der Waals surface area (Å²) < 4.78 is 0. The molecule has 4 nitrogen and oxygen atoms in total. The van der Waals surface area contributed by atoms with Crippen molar-refractivity contribution in [2.45, 2.75) is 38.3 Å². The molecule has 2 amide bonds. The molecule has 96 valence electrons. The molecule has 0 bridgehead atoms. The number of amides is 2. The van der Waals surface area contributed by atoms with E-state index in [1.807, 2.05) is 18.2 Å². The molecule has 4 heteroatoms. The van der Waals surface area contributed by atoms with Gasteiger partial charge in [0.05, 0.1) is 0 Å². The van der Waals surface area contributed by atoms with E-state index in [4.69, 9.17) is 0 Å². The van der Waals surface area contributed by atoms with E-state index >= 15 is 0 Å². The van der Waals surface area contributed by atoms with Crippen molar-refractivity contribution in [2.24, 2.45) is 0 Å². The quantitative estimate of drug-likeness (QED) is 0.838. The third-order valence-electron chi connectivity index (χ3n) is 3.16. The zero-order valence-electron chi connectivity index (χ0n) is 10.6. The lowest BCUT2D eigenvalue weighted by molar-refractivity contribution is -0.127. The van der Waals surface area contributed by atoms with Crippen LogP contribution in [0.3, 0.4) is 0 Å². The molecule has 3 atom stereocenters.